The Labute approximate surface area is 107 Å². The highest BCUT2D eigenvalue weighted by atomic mass is 35.5. The van der Waals surface area contributed by atoms with Crippen LogP contribution in [0.5, 0.6) is 0 Å². The van der Waals surface area contributed by atoms with Crippen molar-refractivity contribution in [2.75, 3.05) is 25.6 Å². The van der Waals surface area contributed by atoms with Crippen LogP contribution in [0.25, 0.3) is 0 Å². The molecule has 1 saturated heterocycles. The van der Waals surface area contributed by atoms with Crippen molar-refractivity contribution in [3.8, 4) is 0 Å². The van der Waals surface area contributed by atoms with Gasteiger partial charge in [0.05, 0.1) is 18.9 Å². The molecule has 1 aliphatic heterocycles. The van der Waals surface area contributed by atoms with E-state index in [1.54, 1.807) is 0 Å². The molecule has 0 atom stereocenters. The molecule has 2 rings (SSSR count). The fourth-order valence-electron chi connectivity index (χ4n) is 2.26. The maximum Gasteiger partial charge on any atom is 0.0605 e. The van der Waals surface area contributed by atoms with Gasteiger partial charge in [0.1, 0.15) is 0 Å². The third-order valence-corrected chi connectivity index (χ3v) is 3.28. The number of piperidine rings is 1. The summed E-state index contributed by atoms with van der Waals surface area (Å²) >= 11 is 5.61. The molecule has 0 radical (unpaired) electrons. The van der Waals surface area contributed by atoms with Crippen molar-refractivity contribution < 1.29 is 4.74 Å². The predicted molar refractivity (Wildman–Crippen MR) is 68.2 cm³/mol. The molecule has 5 heteroatoms. The lowest BCUT2D eigenvalue weighted by atomic mass is 10.1. The Hall–Kier alpha value is -0.580. The van der Waals surface area contributed by atoms with Gasteiger partial charge in [-0.3, -0.25) is 9.58 Å². The Bertz CT molecular complexity index is 334. The predicted octanol–water partition coefficient (Wildman–Crippen LogP) is 1.64. The van der Waals surface area contributed by atoms with Gasteiger partial charge in [-0.15, -0.1) is 11.6 Å². The second kappa shape index (κ2) is 6.38. The van der Waals surface area contributed by atoms with E-state index in [2.05, 4.69) is 16.2 Å². The second-order valence-corrected chi connectivity index (χ2v) is 4.94. The van der Waals surface area contributed by atoms with Gasteiger partial charge in [0.25, 0.3) is 0 Å². The van der Waals surface area contributed by atoms with Gasteiger partial charge in [-0.1, -0.05) is 0 Å². The number of aromatic nitrogens is 2. The van der Waals surface area contributed by atoms with E-state index in [9.17, 15) is 0 Å². The molecule has 0 unspecified atom stereocenters. The fourth-order valence-corrected chi connectivity index (χ4v) is 2.35. The monoisotopic (exact) mass is 257 g/mol. The number of likely N-dealkylation sites (tertiary alicyclic amines) is 1. The fraction of sp³-hybridized carbons (Fsp3) is 0.750. The second-order valence-electron chi connectivity index (χ2n) is 4.56. The van der Waals surface area contributed by atoms with Crippen LogP contribution in [0.15, 0.2) is 12.4 Å². The molecule has 0 saturated carbocycles. The van der Waals surface area contributed by atoms with Crippen LogP contribution in [0.1, 0.15) is 18.4 Å². The molecule has 0 amide bonds. The third-order valence-electron chi connectivity index (χ3n) is 3.13. The van der Waals surface area contributed by atoms with E-state index in [-0.39, 0.29) is 0 Å². The summed E-state index contributed by atoms with van der Waals surface area (Å²) in [5, 5.41) is 4.19. The summed E-state index contributed by atoms with van der Waals surface area (Å²) in [6, 6.07) is 0. The number of halogens is 1. The van der Waals surface area contributed by atoms with Crippen LogP contribution in [-0.4, -0.2) is 46.4 Å². The highest BCUT2D eigenvalue weighted by Crippen LogP contribution is 2.15. The maximum atomic E-state index is 5.66. The number of rotatable bonds is 5. The average molecular weight is 258 g/mol. The topological polar surface area (TPSA) is 30.3 Å². The molecule has 4 nitrogen and oxygen atoms in total. The zero-order valence-corrected chi connectivity index (χ0v) is 11.1. The summed E-state index contributed by atoms with van der Waals surface area (Å²) in [4.78, 5) is 2.46. The van der Waals surface area contributed by atoms with Gasteiger partial charge in [0.2, 0.25) is 0 Å². The highest BCUT2D eigenvalue weighted by Gasteiger charge is 2.19. The van der Waals surface area contributed by atoms with E-state index >= 15 is 0 Å². The van der Waals surface area contributed by atoms with E-state index in [4.69, 9.17) is 16.3 Å². The molecule has 0 N–H and O–H groups in total. The Kier molecular flexibility index (Phi) is 4.83. The third kappa shape index (κ3) is 3.98. The lowest BCUT2D eigenvalue weighted by Crippen LogP contribution is -2.36. The van der Waals surface area contributed by atoms with Crippen molar-refractivity contribution in [1.29, 1.82) is 0 Å². The molecule has 0 bridgehead atoms. The first-order valence-electron chi connectivity index (χ1n) is 6.15. The minimum absolute atomic E-state index is 0.402. The minimum Gasteiger partial charge on any atom is -0.377 e. The number of hydrogen-bond donors (Lipinski definition) is 0. The van der Waals surface area contributed by atoms with Crippen LogP contribution >= 0.6 is 11.6 Å². The van der Waals surface area contributed by atoms with Crippen molar-refractivity contribution in [2.24, 2.45) is 7.05 Å². The SMILES string of the molecule is Cn1cc(CN2CCC(OCCCl)CC2)cn1. The lowest BCUT2D eigenvalue weighted by Gasteiger charge is -2.31. The van der Waals surface area contributed by atoms with Gasteiger partial charge in [0, 0.05) is 44.3 Å². The zero-order chi connectivity index (χ0) is 12.1. The van der Waals surface area contributed by atoms with Gasteiger partial charge < -0.3 is 4.74 Å². The number of hydrogen-bond acceptors (Lipinski definition) is 3. The molecule has 0 aliphatic carbocycles. The van der Waals surface area contributed by atoms with Crippen LogP contribution in [0.2, 0.25) is 0 Å². The Morgan fingerprint density at radius 1 is 1.47 bits per heavy atom. The zero-order valence-electron chi connectivity index (χ0n) is 10.3. The first-order chi connectivity index (χ1) is 8.28. The van der Waals surface area contributed by atoms with Crippen LogP contribution in [-0.2, 0) is 18.3 Å². The summed E-state index contributed by atoms with van der Waals surface area (Å²) in [7, 11) is 1.95. The molecule has 0 aromatic carbocycles. The van der Waals surface area contributed by atoms with Gasteiger partial charge in [0.15, 0.2) is 0 Å². The molecular weight excluding hydrogens is 238 g/mol. The quantitative estimate of drug-likeness (QED) is 0.752. The smallest absolute Gasteiger partial charge is 0.0605 e. The van der Waals surface area contributed by atoms with Gasteiger partial charge in [-0.05, 0) is 12.8 Å². The average Bonchev–Trinajstić information content (AvgIpc) is 2.74. The molecule has 1 aliphatic rings. The van der Waals surface area contributed by atoms with Gasteiger partial charge in [-0.2, -0.15) is 5.10 Å². The number of ether oxygens (including phenoxy) is 1. The molecule has 17 heavy (non-hydrogen) atoms. The molecule has 96 valence electrons. The first kappa shape index (κ1) is 12.9. The Morgan fingerprint density at radius 3 is 2.82 bits per heavy atom. The van der Waals surface area contributed by atoms with E-state index in [0.717, 1.165) is 32.5 Å². The van der Waals surface area contributed by atoms with Crippen LogP contribution in [0.4, 0.5) is 0 Å². The summed E-state index contributed by atoms with van der Waals surface area (Å²) in [5.41, 5.74) is 1.28. The largest absolute Gasteiger partial charge is 0.377 e. The highest BCUT2D eigenvalue weighted by molar-refractivity contribution is 6.17. The van der Waals surface area contributed by atoms with Crippen LogP contribution in [0, 0.1) is 0 Å². The molecule has 1 aromatic rings. The van der Waals surface area contributed by atoms with Gasteiger partial charge in [-0.25, -0.2) is 0 Å². The van der Waals surface area contributed by atoms with Crippen LogP contribution in [0.3, 0.4) is 0 Å². The number of nitrogens with zero attached hydrogens (tertiary/aromatic N) is 3. The minimum atomic E-state index is 0.402. The van der Waals surface area contributed by atoms with Crippen LogP contribution < -0.4 is 0 Å². The first-order valence-corrected chi connectivity index (χ1v) is 6.69. The Morgan fingerprint density at radius 2 is 2.24 bits per heavy atom. The van der Waals surface area contributed by atoms with E-state index in [0.29, 0.717) is 18.6 Å². The normalized spacial score (nSPS) is 18.7. The molecule has 2 heterocycles. The van der Waals surface area contributed by atoms with E-state index in [1.807, 2.05) is 17.9 Å². The molecular formula is C12H20ClN3O. The Balaban J connectivity index is 1.72. The van der Waals surface area contributed by atoms with E-state index < -0.39 is 0 Å². The summed E-state index contributed by atoms with van der Waals surface area (Å²) < 4.78 is 7.51. The number of alkyl halides is 1. The summed E-state index contributed by atoms with van der Waals surface area (Å²) in [5.74, 6) is 0.593. The van der Waals surface area contributed by atoms with Gasteiger partial charge >= 0.3 is 0 Å². The van der Waals surface area contributed by atoms with Crippen molar-refractivity contribution >= 4 is 11.6 Å². The van der Waals surface area contributed by atoms with Crippen molar-refractivity contribution in [1.82, 2.24) is 14.7 Å². The molecule has 1 aromatic heterocycles. The number of aryl methyl sites for hydroxylation is 1. The summed E-state index contributed by atoms with van der Waals surface area (Å²) in [6.07, 6.45) is 6.64. The molecule has 0 spiro atoms. The van der Waals surface area contributed by atoms with E-state index in [1.165, 1.54) is 5.56 Å². The van der Waals surface area contributed by atoms with Crippen molar-refractivity contribution in [3.05, 3.63) is 18.0 Å². The lowest BCUT2D eigenvalue weighted by molar-refractivity contribution is 0.0134. The standard InChI is InChI=1S/C12H20ClN3O/c1-15-9-11(8-14-15)10-16-5-2-12(3-6-16)17-7-4-13/h8-9,12H,2-7,10H2,1H3. The maximum absolute atomic E-state index is 5.66. The van der Waals surface area contributed by atoms with Crippen molar-refractivity contribution in [2.45, 2.75) is 25.5 Å². The van der Waals surface area contributed by atoms with Crippen molar-refractivity contribution in [3.63, 3.8) is 0 Å². The molecule has 1 fully saturated rings. The summed E-state index contributed by atoms with van der Waals surface area (Å²) in [6.45, 7) is 3.87.